The van der Waals surface area contributed by atoms with Gasteiger partial charge in [0.25, 0.3) is 0 Å². The molecule has 9 heteroatoms. The molecule has 7 nitrogen and oxygen atoms in total. The van der Waals surface area contributed by atoms with Gasteiger partial charge in [-0.2, -0.15) is 0 Å². The molecular weight excluding hydrogens is 359 g/mol. The summed E-state index contributed by atoms with van der Waals surface area (Å²) in [6, 6.07) is 5.39. The molecule has 0 aliphatic carbocycles. The van der Waals surface area contributed by atoms with Gasteiger partial charge in [-0.1, -0.05) is 12.1 Å². The predicted octanol–water partition coefficient (Wildman–Crippen LogP) is 0.733. The van der Waals surface area contributed by atoms with Gasteiger partial charge in [-0.05, 0) is 25.6 Å². The molecule has 0 amide bonds. The molecule has 0 saturated heterocycles. The van der Waals surface area contributed by atoms with E-state index in [-0.39, 0.29) is 17.2 Å². The van der Waals surface area contributed by atoms with Gasteiger partial charge >= 0.3 is 0 Å². The number of benzene rings is 1. The molecule has 0 aliphatic rings. The van der Waals surface area contributed by atoms with E-state index >= 15 is 0 Å². The first-order valence-corrected chi connectivity index (χ1v) is 10.1. The van der Waals surface area contributed by atoms with Crippen LogP contribution in [-0.4, -0.2) is 79.0 Å². The lowest BCUT2D eigenvalue weighted by molar-refractivity contribution is 0.180. The molecule has 1 aromatic rings. The molecule has 0 unspecified atom stereocenters. The zero-order chi connectivity index (χ0) is 19.4. The second kappa shape index (κ2) is 11.8. The molecule has 2 N–H and O–H groups in total. The van der Waals surface area contributed by atoms with E-state index in [1.54, 1.807) is 14.2 Å². The van der Waals surface area contributed by atoms with Gasteiger partial charge in [-0.25, -0.2) is 12.8 Å². The summed E-state index contributed by atoms with van der Waals surface area (Å²) in [5, 5.41) is 6.06. The van der Waals surface area contributed by atoms with Crippen molar-refractivity contribution in [3.8, 4) is 0 Å². The Kier molecular flexibility index (Phi) is 10.2. The molecule has 0 aliphatic heterocycles. The van der Waals surface area contributed by atoms with Crippen molar-refractivity contribution in [3.63, 3.8) is 0 Å². The zero-order valence-corrected chi connectivity index (χ0v) is 16.5. The number of guanidine groups is 1. The highest BCUT2D eigenvalue weighted by Crippen LogP contribution is 2.14. The smallest absolute Gasteiger partial charge is 0.191 e. The highest BCUT2D eigenvalue weighted by molar-refractivity contribution is 7.91. The minimum Gasteiger partial charge on any atom is -0.385 e. The average Bonchev–Trinajstić information content (AvgIpc) is 2.60. The van der Waals surface area contributed by atoms with Crippen LogP contribution in [0.25, 0.3) is 0 Å². The largest absolute Gasteiger partial charge is 0.385 e. The number of sulfone groups is 1. The van der Waals surface area contributed by atoms with Gasteiger partial charge in [0.05, 0.1) is 5.75 Å². The van der Waals surface area contributed by atoms with E-state index in [9.17, 15) is 12.8 Å². The lowest BCUT2D eigenvalue weighted by Crippen LogP contribution is -2.42. The van der Waals surface area contributed by atoms with Crippen LogP contribution in [0.2, 0.25) is 0 Å². The van der Waals surface area contributed by atoms with Gasteiger partial charge in [-0.15, -0.1) is 0 Å². The van der Waals surface area contributed by atoms with Crippen LogP contribution in [0, 0.1) is 5.82 Å². The van der Waals surface area contributed by atoms with Crippen molar-refractivity contribution in [2.45, 2.75) is 11.3 Å². The summed E-state index contributed by atoms with van der Waals surface area (Å²) in [6.07, 6.45) is 0.966. The predicted molar refractivity (Wildman–Crippen MR) is 102 cm³/mol. The first-order valence-electron chi connectivity index (χ1n) is 8.50. The third kappa shape index (κ3) is 8.11. The molecule has 0 spiro atoms. The van der Waals surface area contributed by atoms with E-state index in [0.29, 0.717) is 12.5 Å². The molecule has 0 bridgehead atoms. The number of likely N-dealkylation sites (N-methyl/N-ethyl adjacent to an activating group) is 1. The number of hydrogen-bond acceptors (Lipinski definition) is 5. The molecule has 0 saturated carbocycles. The van der Waals surface area contributed by atoms with Gasteiger partial charge in [0.2, 0.25) is 0 Å². The Hall–Kier alpha value is -1.71. The number of halogens is 1. The number of hydrogen-bond donors (Lipinski definition) is 2. The number of nitrogens with zero attached hydrogens (tertiary/aromatic N) is 2. The maximum atomic E-state index is 13.6. The first-order chi connectivity index (χ1) is 12.4. The Bertz CT molecular complexity index is 668. The van der Waals surface area contributed by atoms with E-state index in [4.69, 9.17) is 4.74 Å². The van der Waals surface area contributed by atoms with E-state index < -0.39 is 15.7 Å². The Labute approximate surface area is 155 Å². The van der Waals surface area contributed by atoms with Crippen molar-refractivity contribution in [1.82, 2.24) is 15.5 Å². The summed E-state index contributed by atoms with van der Waals surface area (Å²) in [5.41, 5.74) is 0. The van der Waals surface area contributed by atoms with Crippen molar-refractivity contribution >= 4 is 15.8 Å². The Balaban J connectivity index is 2.35. The maximum absolute atomic E-state index is 13.6. The number of aliphatic imine (C=N–C) groups is 1. The van der Waals surface area contributed by atoms with E-state index in [0.717, 1.165) is 32.2 Å². The highest BCUT2D eigenvalue weighted by Gasteiger charge is 2.18. The molecule has 148 valence electrons. The third-order valence-electron chi connectivity index (χ3n) is 3.73. The fraction of sp³-hybridized carbons (Fsp3) is 0.588. The number of nitrogens with one attached hydrogen (secondary N) is 2. The average molecular weight is 389 g/mol. The molecule has 1 rings (SSSR count). The van der Waals surface area contributed by atoms with Crippen LogP contribution in [0.4, 0.5) is 4.39 Å². The second-order valence-corrected chi connectivity index (χ2v) is 7.90. The van der Waals surface area contributed by atoms with Crippen LogP contribution >= 0.6 is 0 Å². The Morgan fingerprint density at radius 1 is 1.23 bits per heavy atom. The Morgan fingerprint density at radius 2 is 1.92 bits per heavy atom. The highest BCUT2D eigenvalue weighted by atomic mass is 32.2. The minimum atomic E-state index is -3.68. The maximum Gasteiger partial charge on any atom is 0.191 e. The van der Waals surface area contributed by atoms with Crippen molar-refractivity contribution in [1.29, 1.82) is 0 Å². The molecule has 1 aromatic carbocycles. The molecule has 0 aromatic heterocycles. The summed E-state index contributed by atoms with van der Waals surface area (Å²) in [7, 11) is 1.64. The molecular formula is C17H29FN4O3S. The first kappa shape index (κ1) is 22.3. The Morgan fingerprint density at radius 3 is 2.58 bits per heavy atom. The van der Waals surface area contributed by atoms with Crippen LogP contribution in [0.15, 0.2) is 34.2 Å². The van der Waals surface area contributed by atoms with Crippen LogP contribution in [0.5, 0.6) is 0 Å². The molecule has 0 heterocycles. The fourth-order valence-electron chi connectivity index (χ4n) is 2.29. The van der Waals surface area contributed by atoms with E-state index in [1.807, 2.05) is 7.05 Å². The van der Waals surface area contributed by atoms with Crippen molar-refractivity contribution in [3.05, 3.63) is 30.1 Å². The van der Waals surface area contributed by atoms with Gasteiger partial charge in [0, 0.05) is 46.9 Å². The van der Waals surface area contributed by atoms with E-state index in [2.05, 4.69) is 20.5 Å². The number of ether oxygens (including phenoxy) is 1. The summed E-state index contributed by atoms with van der Waals surface area (Å²) in [4.78, 5) is 5.95. The molecule has 26 heavy (non-hydrogen) atoms. The van der Waals surface area contributed by atoms with Crippen molar-refractivity contribution in [2.75, 3.05) is 59.7 Å². The van der Waals surface area contributed by atoms with Gasteiger partial charge in [0.15, 0.2) is 15.8 Å². The van der Waals surface area contributed by atoms with Crippen LogP contribution in [0.1, 0.15) is 6.42 Å². The van der Waals surface area contributed by atoms with Gasteiger partial charge < -0.3 is 20.3 Å². The minimum absolute atomic E-state index is 0.139. The lowest BCUT2D eigenvalue weighted by Gasteiger charge is -2.18. The fourth-order valence-corrected chi connectivity index (χ4v) is 3.53. The molecule has 0 radical (unpaired) electrons. The van der Waals surface area contributed by atoms with Crippen LogP contribution in [-0.2, 0) is 14.6 Å². The normalized spacial score (nSPS) is 12.4. The standard InChI is InChI=1S/C17H29FN4O3S/c1-19-17(20-9-12-22(2)11-6-13-25-3)21-10-14-26(23,24)16-8-5-4-7-15(16)18/h4-5,7-8H,6,9-14H2,1-3H3,(H2,19,20,21). The lowest BCUT2D eigenvalue weighted by atomic mass is 10.3. The van der Waals surface area contributed by atoms with Crippen LogP contribution in [0.3, 0.4) is 0 Å². The summed E-state index contributed by atoms with van der Waals surface area (Å²) >= 11 is 0. The van der Waals surface area contributed by atoms with Crippen molar-refractivity contribution < 1.29 is 17.5 Å². The van der Waals surface area contributed by atoms with Crippen molar-refractivity contribution in [2.24, 2.45) is 4.99 Å². The zero-order valence-electron chi connectivity index (χ0n) is 15.7. The SMILES string of the molecule is CN=C(NCCN(C)CCCOC)NCCS(=O)(=O)c1ccccc1F. The third-order valence-corrected chi connectivity index (χ3v) is 5.48. The summed E-state index contributed by atoms with van der Waals surface area (Å²) in [5.74, 6) is -0.434. The van der Waals surface area contributed by atoms with Gasteiger partial charge in [-0.3, -0.25) is 4.99 Å². The van der Waals surface area contributed by atoms with Crippen LogP contribution < -0.4 is 10.6 Å². The molecule has 0 atom stereocenters. The summed E-state index contributed by atoms with van der Waals surface area (Å²) in [6.45, 7) is 3.29. The van der Waals surface area contributed by atoms with E-state index in [1.165, 1.54) is 18.2 Å². The number of methoxy groups -OCH3 is 1. The topological polar surface area (TPSA) is 83.0 Å². The summed E-state index contributed by atoms with van der Waals surface area (Å²) < 4.78 is 43.1. The second-order valence-electron chi connectivity index (χ2n) is 5.82. The quantitative estimate of drug-likeness (QED) is 0.330. The molecule has 0 fully saturated rings. The van der Waals surface area contributed by atoms with Gasteiger partial charge in [0.1, 0.15) is 10.7 Å². The number of rotatable bonds is 11. The monoisotopic (exact) mass is 388 g/mol.